The third-order valence-electron chi connectivity index (χ3n) is 2.57. The highest BCUT2D eigenvalue weighted by Crippen LogP contribution is 2.23. The van der Waals surface area contributed by atoms with Gasteiger partial charge in [-0.15, -0.1) is 0 Å². The molecule has 0 atom stereocenters. The van der Waals surface area contributed by atoms with Gasteiger partial charge in [0.2, 0.25) is 11.9 Å². The number of aryl methyl sites for hydroxylation is 1. The number of anilines is 1. The van der Waals surface area contributed by atoms with Gasteiger partial charge in [-0.25, -0.2) is 0 Å². The van der Waals surface area contributed by atoms with Crippen molar-refractivity contribution >= 4 is 29.1 Å². The molecule has 0 radical (unpaired) electrons. The molecule has 0 spiro atoms. The smallest absolute Gasteiger partial charge is 0.276 e. The number of halogens is 2. The monoisotopic (exact) mass is 295 g/mol. The molecule has 0 unspecified atom stereocenters. The minimum atomic E-state index is -0.891. The maximum absolute atomic E-state index is 13.4. The molecule has 0 aliphatic heterocycles. The molecule has 5 nitrogen and oxygen atoms in total. The van der Waals surface area contributed by atoms with Crippen molar-refractivity contribution in [2.45, 2.75) is 13.8 Å². The lowest BCUT2D eigenvalue weighted by Gasteiger charge is -2.06. The van der Waals surface area contributed by atoms with Crippen LogP contribution in [0.25, 0.3) is 0 Å². The number of hydrogen-bond donors (Lipinski definition) is 1. The molecule has 0 saturated carbocycles. The average molecular weight is 296 g/mol. The number of rotatable bonds is 2. The Hall–Kier alpha value is -2.21. The molecule has 0 saturated heterocycles. The molecule has 1 N–H and O–H groups in total. The summed E-state index contributed by atoms with van der Waals surface area (Å²) >= 11 is 5.98. The molecule has 2 aromatic rings. The Morgan fingerprint density at radius 3 is 2.60 bits per heavy atom. The number of benzene rings is 1. The maximum Gasteiger partial charge on any atom is 0.276 e. The summed E-state index contributed by atoms with van der Waals surface area (Å²) in [5, 5.41) is 6.46. The summed E-state index contributed by atoms with van der Waals surface area (Å²) in [4.78, 5) is 23.0. The van der Waals surface area contributed by atoms with Crippen LogP contribution in [0.15, 0.2) is 24.3 Å². The second-order valence-electron chi connectivity index (χ2n) is 4.22. The standard InChI is InChI=1S/C13H11ClFN3O2/c1-7-3-4-10(9(14)5-7)16-13(20)11-6-12(15)18(17-11)8(2)19/h3-6H,1-2H3,(H,16,20). The fraction of sp³-hybridized carbons (Fsp3) is 0.154. The number of nitrogens with zero attached hydrogens (tertiary/aromatic N) is 2. The minimum Gasteiger partial charge on any atom is -0.319 e. The molecule has 104 valence electrons. The third-order valence-corrected chi connectivity index (χ3v) is 2.88. The predicted molar refractivity (Wildman–Crippen MR) is 72.6 cm³/mol. The number of nitrogens with one attached hydrogen (secondary N) is 1. The molecule has 1 aromatic heterocycles. The van der Waals surface area contributed by atoms with Gasteiger partial charge in [-0.05, 0) is 24.6 Å². The highest BCUT2D eigenvalue weighted by molar-refractivity contribution is 6.34. The molecular formula is C13H11ClFN3O2. The van der Waals surface area contributed by atoms with E-state index in [0.29, 0.717) is 15.4 Å². The van der Waals surface area contributed by atoms with Gasteiger partial charge >= 0.3 is 0 Å². The molecule has 7 heteroatoms. The van der Waals surface area contributed by atoms with Crippen LogP contribution in [0.1, 0.15) is 27.8 Å². The molecule has 0 aliphatic rings. The van der Waals surface area contributed by atoms with E-state index in [4.69, 9.17) is 11.6 Å². The Morgan fingerprint density at radius 1 is 1.35 bits per heavy atom. The van der Waals surface area contributed by atoms with Crippen molar-refractivity contribution in [3.63, 3.8) is 0 Å². The lowest BCUT2D eigenvalue weighted by atomic mass is 10.2. The van der Waals surface area contributed by atoms with Crippen molar-refractivity contribution in [1.29, 1.82) is 0 Å². The SMILES string of the molecule is CC(=O)n1nc(C(=O)Nc2ccc(C)cc2Cl)cc1F. The molecule has 2 rings (SSSR count). The van der Waals surface area contributed by atoms with Crippen LogP contribution < -0.4 is 5.32 Å². The van der Waals surface area contributed by atoms with Gasteiger partial charge in [0.15, 0.2) is 5.69 Å². The van der Waals surface area contributed by atoms with Crippen LogP contribution in [0.3, 0.4) is 0 Å². The van der Waals surface area contributed by atoms with E-state index in [0.717, 1.165) is 18.6 Å². The van der Waals surface area contributed by atoms with Gasteiger partial charge in [-0.3, -0.25) is 9.59 Å². The van der Waals surface area contributed by atoms with Crippen LogP contribution >= 0.6 is 11.6 Å². The van der Waals surface area contributed by atoms with Gasteiger partial charge < -0.3 is 5.32 Å². The quantitative estimate of drug-likeness (QED) is 0.926. The number of amides is 1. The van der Waals surface area contributed by atoms with E-state index in [1.807, 2.05) is 6.92 Å². The summed E-state index contributed by atoms with van der Waals surface area (Å²) in [7, 11) is 0. The highest BCUT2D eigenvalue weighted by Gasteiger charge is 2.17. The molecule has 0 fully saturated rings. The van der Waals surface area contributed by atoms with Crippen molar-refractivity contribution in [2.24, 2.45) is 0 Å². The van der Waals surface area contributed by atoms with Crippen molar-refractivity contribution in [2.75, 3.05) is 5.32 Å². The number of hydrogen-bond acceptors (Lipinski definition) is 3. The topological polar surface area (TPSA) is 64.0 Å². The molecule has 1 aromatic carbocycles. The normalized spacial score (nSPS) is 10.4. The number of aromatic nitrogens is 2. The summed E-state index contributed by atoms with van der Waals surface area (Å²) in [5.41, 5.74) is 1.13. The zero-order valence-corrected chi connectivity index (χ0v) is 11.5. The average Bonchev–Trinajstić information content (AvgIpc) is 2.75. The van der Waals surface area contributed by atoms with Crippen LogP contribution in [-0.4, -0.2) is 21.6 Å². The van der Waals surface area contributed by atoms with Gasteiger partial charge in [0.25, 0.3) is 5.91 Å². The Balaban J connectivity index is 2.24. The van der Waals surface area contributed by atoms with E-state index in [1.54, 1.807) is 18.2 Å². The van der Waals surface area contributed by atoms with E-state index in [1.165, 1.54) is 0 Å². The minimum absolute atomic E-state index is 0.200. The summed E-state index contributed by atoms with van der Waals surface area (Å²) in [6, 6.07) is 5.98. The first-order chi connectivity index (χ1) is 9.38. The molecule has 0 aliphatic carbocycles. The first kappa shape index (κ1) is 14.2. The van der Waals surface area contributed by atoms with Gasteiger partial charge in [0, 0.05) is 13.0 Å². The molecule has 20 heavy (non-hydrogen) atoms. The highest BCUT2D eigenvalue weighted by atomic mass is 35.5. The Kier molecular flexibility index (Phi) is 3.85. The predicted octanol–water partition coefficient (Wildman–Crippen LogP) is 2.90. The maximum atomic E-state index is 13.4. The zero-order valence-electron chi connectivity index (χ0n) is 10.8. The molecule has 1 amide bonds. The fourth-order valence-corrected chi connectivity index (χ4v) is 1.88. The van der Waals surface area contributed by atoms with Crippen LogP contribution in [0.4, 0.5) is 10.1 Å². The van der Waals surface area contributed by atoms with E-state index >= 15 is 0 Å². The third kappa shape index (κ3) is 2.85. The lowest BCUT2D eigenvalue weighted by molar-refractivity contribution is 0.0905. The first-order valence-electron chi connectivity index (χ1n) is 5.72. The number of carbonyl (C=O) groups is 2. The number of carbonyl (C=O) groups excluding carboxylic acids is 2. The van der Waals surface area contributed by atoms with E-state index in [2.05, 4.69) is 10.4 Å². The van der Waals surface area contributed by atoms with Crippen LogP contribution in [0.5, 0.6) is 0 Å². The second-order valence-corrected chi connectivity index (χ2v) is 4.63. The summed E-state index contributed by atoms with van der Waals surface area (Å²) in [5.74, 6) is -2.15. The van der Waals surface area contributed by atoms with Crippen molar-refractivity contribution < 1.29 is 14.0 Å². The molecule has 0 bridgehead atoms. The molecular weight excluding hydrogens is 285 g/mol. The largest absolute Gasteiger partial charge is 0.319 e. The Morgan fingerprint density at radius 2 is 2.05 bits per heavy atom. The van der Waals surface area contributed by atoms with Crippen LogP contribution in [0.2, 0.25) is 5.02 Å². The zero-order chi connectivity index (χ0) is 14.9. The van der Waals surface area contributed by atoms with E-state index < -0.39 is 17.8 Å². The van der Waals surface area contributed by atoms with Crippen molar-refractivity contribution in [3.05, 3.63) is 46.5 Å². The van der Waals surface area contributed by atoms with Crippen molar-refractivity contribution in [3.8, 4) is 0 Å². The van der Waals surface area contributed by atoms with Gasteiger partial charge in [0.05, 0.1) is 10.7 Å². The van der Waals surface area contributed by atoms with Gasteiger partial charge in [-0.2, -0.15) is 14.2 Å². The van der Waals surface area contributed by atoms with Gasteiger partial charge in [-0.1, -0.05) is 17.7 Å². The molecule has 1 heterocycles. The Bertz CT molecular complexity index is 697. The van der Waals surface area contributed by atoms with Crippen LogP contribution in [0, 0.1) is 12.9 Å². The summed E-state index contributed by atoms with van der Waals surface area (Å²) in [6.45, 7) is 3.01. The second kappa shape index (κ2) is 5.42. The lowest BCUT2D eigenvalue weighted by Crippen LogP contribution is -2.15. The first-order valence-corrected chi connectivity index (χ1v) is 6.10. The Labute approximate surface area is 119 Å². The van der Waals surface area contributed by atoms with E-state index in [-0.39, 0.29) is 5.69 Å². The summed E-state index contributed by atoms with van der Waals surface area (Å²) in [6.07, 6.45) is 0. The fourth-order valence-electron chi connectivity index (χ4n) is 1.60. The van der Waals surface area contributed by atoms with Crippen molar-refractivity contribution in [1.82, 2.24) is 9.78 Å². The van der Waals surface area contributed by atoms with E-state index in [9.17, 15) is 14.0 Å². The van der Waals surface area contributed by atoms with Crippen LogP contribution in [-0.2, 0) is 0 Å². The summed E-state index contributed by atoms with van der Waals surface area (Å²) < 4.78 is 13.9. The van der Waals surface area contributed by atoms with Gasteiger partial charge in [0.1, 0.15) is 0 Å².